The summed E-state index contributed by atoms with van der Waals surface area (Å²) >= 11 is 1.75. The van der Waals surface area contributed by atoms with Crippen LogP contribution < -0.4 is 0 Å². The SMILES string of the molecule is CC(C)(Sc1ccccc1)n1nc2ccccc2n1. The van der Waals surface area contributed by atoms with Crippen LogP contribution in [0.25, 0.3) is 11.0 Å². The quantitative estimate of drug-likeness (QED) is 0.675. The van der Waals surface area contributed by atoms with Crippen molar-refractivity contribution in [1.29, 1.82) is 0 Å². The van der Waals surface area contributed by atoms with Gasteiger partial charge >= 0.3 is 0 Å². The molecule has 0 amide bonds. The van der Waals surface area contributed by atoms with Crippen molar-refractivity contribution >= 4 is 22.8 Å². The Labute approximate surface area is 116 Å². The predicted molar refractivity (Wildman–Crippen MR) is 79.1 cm³/mol. The average molecular weight is 269 g/mol. The van der Waals surface area contributed by atoms with Gasteiger partial charge in [-0.05, 0) is 38.1 Å². The van der Waals surface area contributed by atoms with Gasteiger partial charge in [-0.3, -0.25) is 0 Å². The number of benzene rings is 2. The molecule has 0 saturated heterocycles. The molecular formula is C15H15N3S. The van der Waals surface area contributed by atoms with Crippen LogP contribution in [0.2, 0.25) is 0 Å². The minimum atomic E-state index is -0.222. The molecule has 19 heavy (non-hydrogen) atoms. The zero-order valence-electron chi connectivity index (χ0n) is 10.9. The summed E-state index contributed by atoms with van der Waals surface area (Å²) in [7, 11) is 0. The third kappa shape index (κ3) is 2.49. The fraction of sp³-hybridized carbons (Fsp3) is 0.200. The minimum absolute atomic E-state index is 0.222. The van der Waals surface area contributed by atoms with Crippen LogP contribution in [0.15, 0.2) is 59.5 Å². The van der Waals surface area contributed by atoms with Gasteiger partial charge in [0, 0.05) is 4.90 Å². The minimum Gasteiger partial charge on any atom is -0.168 e. The topological polar surface area (TPSA) is 30.7 Å². The van der Waals surface area contributed by atoms with Crippen LogP contribution in [0.5, 0.6) is 0 Å². The summed E-state index contributed by atoms with van der Waals surface area (Å²) in [6.45, 7) is 4.26. The van der Waals surface area contributed by atoms with E-state index in [-0.39, 0.29) is 4.87 Å². The highest BCUT2D eigenvalue weighted by molar-refractivity contribution is 8.00. The van der Waals surface area contributed by atoms with Crippen LogP contribution in [0, 0.1) is 0 Å². The Morgan fingerprint density at radius 1 is 0.842 bits per heavy atom. The first kappa shape index (κ1) is 12.2. The average Bonchev–Trinajstić information content (AvgIpc) is 2.84. The Balaban J connectivity index is 1.95. The van der Waals surface area contributed by atoms with Crippen molar-refractivity contribution < 1.29 is 0 Å². The highest BCUT2D eigenvalue weighted by Gasteiger charge is 2.24. The molecule has 1 heterocycles. The third-order valence-corrected chi connectivity index (χ3v) is 4.05. The Bertz CT molecular complexity index is 656. The Morgan fingerprint density at radius 3 is 1.95 bits per heavy atom. The van der Waals surface area contributed by atoms with Gasteiger partial charge in [0.25, 0.3) is 0 Å². The molecule has 4 heteroatoms. The smallest absolute Gasteiger partial charge is 0.126 e. The van der Waals surface area contributed by atoms with E-state index in [1.807, 2.05) is 42.5 Å². The largest absolute Gasteiger partial charge is 0.168 e. The van der Waals surface area contributed by atoms with E-state index in [1.54, 1.807) is 16.6 Å². The summed E-state index contributed by atoms with van der Waals surface area (Å²) in [5.41, 5.74) is 1.87. The summed E-state index contributed by atoms with van der Waals surface area (Å²) in [5.74, 6) is 0. The first-order valence-electron chi connectivity index (χ1n) is 6.22. The van der Waals surface area contributed by atoms with E-state index in [1.165, 1.54) is 4.90 Å². The van der Waals surface area contributed by atoms with E-state index in [0.29, 0.717) is 0 Å². The van der Waals surface area contributed by atoms with Crippen LogP contribution in [0.3, 0.4) is 0 Å². The van der Waals surface area contributed by atoms with Crippen molar-refractivity contribution in [2.45, 2.75) is 23.6 Å². The lowest BCUT2D eigenvalue weighted by Crippen LogP contribution is -2.24. The van der Waals surface area contributed by atoms with E-state index >= 15 is 0 Å². The number of thioether (sulfide) groups is 1. The fourth-order valence-electron chi connectivity index (χ4n) is 1.92. The standard InChI is InChI=1S/C15H15N3S/c1-15(2,19-12-8-4-3-5-9-12)18-16-13-10-6-7-11-14(13)17-18/h3-11H,1-2H3. The van der Waals surface area contributed by atoms with Gasteiger partial charge in [-0.15, -0.1) is 0 Å². The van der Waals surface area contributed by atoms with Crippen LogP contribution in [-0.4, -0.2) is 15.0 Å². The van der Waals surface area contributed by atoms with Gasteiger partial charge in [-0.25, -0.2) is 0 Å². The van der Waals surface area contributed by atoms with Crippen molar-refractivity contribution in [1.82, 2.24) is 15.0 Å². The van der Waals surface area contributed by atoms with Crippen molar-refractivity contribution in [2.75, 3.05) is 0 Å². The number of hydrogen-bond acceptors (Lipinski definition) is 3. The van der Waals surface area contributed by atoms with Crippen LogP contribution in [0.1, 0.15) is 13.8 Å². The molecule has 0 spiro atoms. The normalized spacial score (nSPS) is 11.9. The van der Waals surface area contributed by atoms with Gasteiger partial charge in [0.1, 0.15) is 15.9 Å². The summed E-state index contributed by atoms with van der Waals surface area (Å²) in [5, 5.41) is 9.13. The molecule has 0 atom stereocenters. The molecule has 0 N–H and O–H groups in total. The van der Waals surface area contributed by atoms with E-state index in [2.05, 4.69) is 36.2 Å². The zero-order chi connectivity index (χ0) is 13.3. The molecule has 0 unspecified atom stereocenters. The third-order valence-electron chi connectivity index (χ3n) is 2.88. The summed E-state index contributed by atoms with van der Waals surface area (Å²) in [4.78, 5) is 2.80. The van der Waals surface area contributed by atoms with Crippen LogP contribution in [0.4, 0.5) is 0 Å². The van der Waals surface area contributed by atoms with Crippen molar-refractivity contribution in [3.8, 4) is 0 Å². The van der Waals surface area contributed by atoms with Crippen LogP contribution >= 0.6 is 11.8 Å². The lowest BCUT2D eigenvalue weighted by Gasteiger charge is -2.22. The molecule has 0 radical (unpaired) electrons. The van der Waals surface area contributed by atoms with E-state index < -0.39 is 0 Å². The number of nitrogens with zero attached hydrogens (tertiary/aromatic N) is 3. The highest BCUT2D eigenvalue weighted by Crippen LogP contribution is 2.35. The lowest BCUT2D eigenvalue weighted by molar-refractivity contribution is 0.424. The Morgan fingerprint density at radius 2 is 1.37 bits per heavy atom. The molecule has 0 bridgehead atoms. The monoisotopic (exact) mass is 269 g/mol. The molecule has 3 nitrogen and oxygen atoms in total. The van der Waals surface area contributed by atoms with Gasteiger partial charge in [0.2, 0.25) is 0 Å². The summed E-state index contributed by atoms with van der Waals surface area (Å²) in [6.07, 6.45) is 0. The second-order valence-corrected chi connectivity index (χ2v) is 6.51. The van der Waals surface area contributed by atoms with Crippen LogP contribution in [-0.2, 0) is 4.87 Å². The maximum absolute atomic E-state index is 4.57. The number of aromatic nitrogens is 3. The van der Waals surface area contributed by atoms with Gasteiger partial charge in [0.05, 0.1) is 0 Å². The molecular weight excluding hydrogens is 254 g/mol. The molecule has 0 fully saturated rings. The van der Waals surface area contributed by atoms with Gasteiger partial charge in [-0.1, -0.05) is 42.1 Å². The second-order valence-electron chi connectivity index (χ2n) is 4.84. The summed E-state index contributed by atoms with van der Waals surface area (Å²) < 4.78 is 0. The van der Waals surface area contributed by atoms with Crippen molar-refractivity contribution in [3.05, 3.63) is 54.6 Å². The Hall–Kier alpha value is -1.81. The maximum atomic E-state index is 4.57. The van der Waals surface area contributed by atoms with E-state index in [0.717, 1.165) is 11.0 Å². The number of hydrogen-bond donors (Lipinski definition) is 0. The lowest BCUT2D eigenvalue weighted by atomic mass is 10.3. The fourth-order valence-corrected chi connectivity index (χ4v) is 2.95. The molecule has 3 aromatic rings. The predicted octanol–water partition coefficient (Wildman–Crippen LogP) is 3.92. The Kier molecular flexibility index (Phi) is 3.03. The van der Waals surface area contributed by atoms with Crippen molar-refractivity contribution in [2.24, 2.45) is 0 Å². The number of fused-ring (bicyclic) bond motifs is 1. The first-order valence-corrected chi connectivity index (χ1v) is 7.03. The highest BCUT2D eigenvalue weighted by atomic mass is 32.2. The molecule has 0 aliphatic heterocycles. The summed E-state index contributed by atoms with van der Waals surface area (Å²) in [6, 6.07) is 18.3. The molecule has 96 valence electrons. The molecule has 0 saturated carbocycles. The maximum Gasteiger partial charge on any atom is 0.126 e. The van der Waals surface area contributed by atoms with Gasteiger partial charge in [0.15, 0.2) is 0 Å². The second kappa shape index (κ2) is 4.70. The van der Waals surface area contributed by atoms with E-state index in [4.69, 9.17) is 0 Å². The van der Waals surface area contributed by atoms with E-state index in [9.17, 15) is 0 Å². The molecule has 2 aromatic carbocycles. The van der Waals surface area contributed by atoms with Gasteiger partial charge in [-0.2, -0.15) is 15.0 Å². The van der Waals surface area contributed by atoms with Gasteiger partial charge < -0.3 is 0 Å². The molecule has 1 aromatic heterocycles. The molecule has 0 aliphatic carbocycles. The molecule has 0 aliphatic rings. The van der Waals surface area contributed by atoms with Crippen molar-refractivity contribution in [3.63, 3.8) is 0 Å². The number of rotatable bonds is 3. The zero-order valence-corrected chi connectivity index (χ0v) is 11.8. The first-order chi connectivity index (χ1) is 9.15. The molecule has 3 rings (SSSR count).